The van der Waals surface area contributed by atoms with Gasteiger partial charge in [0.2, 0.25) is 0 Å². The topological polar surface area (TPSA) is 84.5 Å². The minimum Gasteiger partial charge on any atom is -0.466 e. The number of piperazine rings is 1. The highest BCUT2D eigenvalue weighted by Gasteiger charge is 2.28. The Balaban J connectivity index is 1.44. The van der Waals surface area contributed by atoms with Crippen LogP contribution < -0.4 is 0 Å². The van der Waals surface area contributed by atoms with E-state index in [4.69, 9.17) is 9.40 Å². The molecule has 0 atom stereocenters. The van der Waals surface area contributed by atoms with Crippen molar-refractivity contribution < 1.29 is 14.0 Å². The first-order valence-electron chi connectivity index (χ1n) is 12.3. The van der Waals surface area contributed by atoms with E-state index >= 15 is 0 Å². The van der Waals surface area contributed by atoms with Gasteiger partial charge in [-0.25, -0.2) is 9.67 Å². The lowest BCUT2D eigenvalue weighted by atomic mass is 10.1. The summed E-state index contributed by atoms with van der Waals surface area (Å²) in [6.07, 6.45) is 1.73. The second-order valence-electron chi connectivity index (χ2n) is 9.75. The van der Waals surface area contributed by atoms with Crippen LogP contribution in [0.25, 0.3) is 22.3 Å². The summed E-state index contributed by atoms with van der Waals surface area (Å²) >= 11 is 0. The van der Waals surface area contributed by atoms with Crippen molar-refractivity contribution in [1.29, 1.82) is 0 Å². The van der Waals surface area contributed by atoms with Crippen LogP contribution in [0.4, 0.5) is 0 Å². The molecular weight excluding hydrogens is 454 g/mol. The largest absolute Gasteiger partial charge is 0.466 e. The highest BCUT2D eigenvalue weighted by molar-refractivity contribution is 6.06. The predicted molar refractivity (Wildman–Crippen MR) is 138 cm³/mol. The first-order chi connectivity index (χ1) is 17.2. The van der Waals surface area contributed by atoms with Crippen LogP contribution in [-0.4, -0.2) is 62.6 Å². The summed E-state index contributed by atoms with van der Waals surface area (Å²) in [5.74, 6) is 1.48. The van der Waals surface area contributed by atoms with E-state index in [9.17, 15) is 9.59 Å². The van der Waals surface area contributed by atoms with E-state index < -0.39 is 0 Å². The third-order valence-corrected chi connectivity index (χ3v) is 6.76. The van der Waals surface area contributed by atoms with Crippen LogP contribution in [0.2, 0.25) is 0 Å². The molecule has 0 unspecified atom stereocenters. The predicted octanol–water partition coefficient (Wildman–Crippen LogP) is 4.80. The van der Waals surface area contributed by atoms with Crippen molar-refractivity contribution in [3.63, 3.8) is 0 Å². The lowest BCUT2D eigenvalue weighted by Crippen LogP contribution is -2.50. The molecule has 1 saturated heterocycles. The first kappa shape index (κ1) is 23.8. The number of rotatable bonds is 4. The molecule has 0 saturated carbocycles. The maximum atomic E-state index is 13.8. The molecular formula is C28H31N5O3. The lowest BCUT2D eigenvalue weighted by molar-refractivity contribution is 0.0536. The normalized spacial score (nSPS) is 14.2. The summed E-state index contributed by atoms with van der Waals surface area (Å²) in [5, 5.41) is 5.26. The molecule has 1 aliphatic rings. The van der Waals surface area contributed by atoms with Gasteiger partial charge in [0.25, 0.3) is 11.8 Å². The number of nitrogens with zero attached hydrogens (tertiary/aromatic N) is 5. The molecule has 1 fully saturated rings. The summed E-state index contributed by atoms with van der Waals surface area (Å²) in [6, 6.07) is 11.5. The van der Waals surface area contributed by atoms with Gasteiger partial charge in [0, 0.05) is 43.3 Å². The maximum Gasteiger partial charge on any atom is 0.254 e. The van der Waals surface area contributed by atoms with Crippen LogP contribution >= 0.6 is 0 Å². The van der Waals surface area contributed by atoms with Gasteiger partial charge >= 0.3 is 0 Å². The minimum absolute atomic E-state index is 0.000278. The molecule has 1 aliphatic heterocycles. The number of amides is 2. The zero-order valence-corrected chi connectivity index (χ0v) is 21.4. The molecule has 0 spiro atoms. The summed E-state index contributed by atoms with van der Waals surface area (Å²) in [7, 11) is 0. The zero-order chi connectivity index (χ0) is 25.6. The number of aromatic nitrogens is 3. The first-order valence-corrected chi connectivity index (χ1v) is 12.3. The Bertz CT molecular complexity index is 1440. The van der Waals surface area contributed by atoms with E-state index in [0.29, 0.717) is 48.6 Å². The Labute approximate surface area is 210 Å². The highest BCUT2D eigenvalue weighted by Crippen LogP contribution is 2.30. The smallest absolute Gasteiger partial charge is 0.254 e. The van der Waals surface area contributed by atoms with Crippen molar-refractivity contribution in [3.05, 3.63) is 70.8 Å². The molecule has 0 bridgehead atoms. The number of hydrogen-bond donors (Lipinski definition) is 0. The molecule has 8 heteroatoms. The Morgan fingerprint density at radius 1 is 0.917 bits per heavy atom. The van der Waals surface area contributed by atoms with Crippen molar-refractivity contribution in [2.75, 3.05) is 26.2 Å². The molecule has 2 amide bonds. The highest BCUT2D eigenvalue weighted by atomic mass is 16.3. The van der Waals surface area contributed by atoms with Crippen LogP contribution in [0.1, 0.15) is 57.7 Å². The molecule has 5 rings (SSSR count). The van der Waals surface area contributed by atoms with Gasteiger partial charge in [-0.05, 0) is 58.9 Å². The fourth-order valence-corrected chi connectivity index (χ4v) is 4.76. The summed E-state index contributed by atoms with van der Waals surface area (Å²) in [6.45, 7) is 11.8. The van der Waals surface area contributed by atoms with Crippen LogP contribution in [-0.2, 0) is 0 Å². The molecule has 186 valence electrons. The number of aryl methyl sites for hydroxylation is 3. The Morgan fingerprint density at radius 2 is 1.56 bits per heavy atom. The van der Waals surface area contributed by atoms with Crippen LogP contribution in [0.15, 0.2) is 47.0 Å². The number of carbonyl (C=O) groups excluding carboxylic acids is 2. The van der Waals surface area contributed by atoms with Crippen LogP contribution in [0.5, 0.6) is 0 Å². The molecule has 3 aromatic heterocycles. The van der Waals surface area contributed by atoms with Gasteiger partial charge in [-0.2, -0.15) is 5.10 Å². The maximum absolute atomic E-state index is 13.8. The second-order valence-corrected chi connectivity index (χ2v) is 9.75. The molecule has 1 aromatic carbocycles. The van der Waals surface area contributed by atoms with Crippen molar-refractivity contribution in [3.8, 4) is 11.3 Å². The molecule has 4 heterocycles. The molecule has 36 heavy (non-hydrogen) atoms. The lowest BCUT2D eigenvalue weighted by Gasteiger charge is -2.35. The van der Waals surface area contributed by atoms with Gasteiger partial charge in [-0.3, -0.25) is 9.59 Å². The summed E-state index contributed by atoms with van der Waals surface area (Å²) in [4.78, 5) is 35.2. The second kappa shape index (κ2) is 9.26. The van der Waals surface area contributed by atoms with Gasteiger partial charge < -0.3 is 14.2 Å². The third kappa shape index (κ3) is 4.27. The quantitative estimate of drug-likeness (QED) is 0.415. The van der Waals surface area contributed by atoms with Crippen LogP contribution in [0.3, 0.4) is 0 Å². The van der Waals surface area contributed by atoms with E-state index in [1.165, 1.54) is 0 Å². The molecule has 8 nitrogen and oxygen atoms in total. The number of furan rings is 1. The van der Waals surface area contributed by atoms with E-state index in [0.717, 1.165) is 28.0 Å². The van der Waals surface area contributed by atoms with Gasteiger partial charge in [-0.1, -0.05) is 17.7 Å². The monoisotopic (exact) mass is 485 g/mol. The van der Waals surface area contributed by atoms with Gasteiger partial charge in [0.1, 0.15) is 11.5 Å². The number of benzene rings is 1. The number of fused-ring (bicyclic) bond motifs is 1. The van der Waals surface area contributed by atoms with E-state index in [1.54, 1.807) is 6.20 Å². The molecule has 0 aliphatic carbocycles. The van der Waals surface area contributed by atoms with Crippen molar-refractivity contribution in [1.82, 2.24) is 24.6 Å². The fourth-order valence-electron chi connectivity index (χ4n) is 4.76. The Hall–Kier alpha value is -3.94. The van der Waals surface area contributed by atoms with Crippen molar-refractivity contribution in [2.24, 2.45) is 0 Å². The average Bonchev–Trinajstić information content (AvgIpc) is 3.45. The zero-order valence-electron chi connectivity index (χ0n) is 21.4. The Morgan fingerprint density at radius 3 is 2.14 bits per heavy atom. The number of carbonyl (C=O) groups is 2. The summed E-state index contributed by atoms with van der Waals surface area (Å²) < 4.78 is 7.58. The molecule has 0 N–H and O–H groups in total. The average molecular weight is 486 g/mol. The fraction of sp³-hybridized carbons (Fsp3) is 0.357. The number of pyridine rings is 1. The van der Waals surface area contributed by atoms with Crippen molar-refractivity contribution >= 4 is 22.8 Å². The van der Waals surface area contributed by atoms with E-state index in [-0.39, 0.29) is 17.9 Å². The standard InChI is InChI=1S/C28H31N5O3/c1-17(2)33-26-24(16-29-33)23(15-25(30-26)22-14-19(4)36-20(22)5)28(35)32-12-10-31(11-13-32)27(34)21-8-6-18(3)7-9-21/h6-9,14-17H,10-13H2,1-5H3. The van der Waals surface area contributed by atoms with E-state index in [1.807, 2.05) is 85.5 Å². The van der Waals surface area contributed by atoms with Gasteiger partial charge in [-0.15, -0.1) is 0 Å². The number of hydrogen-bond acceptors (Lipinski definition) is 5. The van der Waals surface area contributed by atoms with Crippen molar-refractivity contribution in [2.45, 2.75) is 40.7 Å². The SMILES string of the molecule is Cc1ccc(C(=O)N2CCN(C(=O)c3cc(-c4cc(C)oc4C)nc4c3cnn4C(C)C)CC2)cc1. The van der Waals surface area contributed by atoms with E-state index in [2.05, 4.69) is 5.10 Å². The Kier molecular flexibility index (Phi) is 6.12. The summed E-state index contributed by atoms with van der Waals surface area (Å²) in [5.41, 5.74) is 4.60. The van der Waals surface area contributed by atoms with Crippen LogP contribution in [0, 0.1) is 20.8 Å². The molecule has 4 aromatic rings. The van der Waals surface area contributed by atoms with Gasteiger partial charge in [0.15, 0.2) is 5.65 Å². The van der Waals surface area contributed by atoms with Gasteiger partial charge in [0.05, 0.1) is 22.8 Å². The molecule has 0 radical (unpaired) electrons. The third-order valence-electron chi connectivity index (χ3n) is 6.76. The minimum atomic E-state index is -0.0766.